The molecule has 0 bridgehead atoms. The minimum Gasteiger partial charge on any atom is -0.445 e. The summed E-state index contributed by atoms with van der Waals surface area (Å²) in [7, 11) is -4.19. The highest BCUT2D eigenvalue weighted by Gasteiger charge is 2.31. The van der Waals surface area contributed by atoms with Gasteiger partial charge in [-0.2, -0.15) is 4.31 Å². The molecule has 0 spiro atoms. The number of Topliss-reactive ketones (excluding diaryl/α,β-unsaturated/α-hetero) is 1. The number of esters is 1. The van der Waals surface area contributed by atoms with Gasteiger partial charge in [-0.15, -0.1) is 0 Å². The molecule has 0 amide bonds. The van der Waals surface area contributed by atoms with E-state index in [1.54, 1.807) is 60.7 Å². The molecule has 1 aliphatic heterocycles. The molecular formula is C25H22FNO6S. The summed E-state index contributed by atoms with van der Waals surface area (Å²) in [6, 6.07) is 19.8. The third-order valence-electron chi connectivity index (χ3n) is 5.38. The molecule has 0 N–H and O–H groups in total. The second-order valence-corrected chi connectivity index (χ2v) is 9.49. The fourth-order valence-electron chi connectivity index (χ4n) is 3.58. The lowest BCUT2D eigenvalue weighted by Crippen LogP contribution is -2.41. The van der Waals surface area contributed by atoms with Crippen LogP contribution in [0.15, 0.2) is 83.8 Å². The molecule has 3 aromatic rings. The zero-order valence-electron chi connectivity index (χ0n) is 18.1. The Hall–Kier alpha value is -3.40. The Kier molecular flexibility index (Phi) is 7.16. The second-order valence-electron chi connectivity index (χ2n) is 7.59. The fraction of sp³-hybridized carbons (Fsp3) is 0.200. The molecule has 9 heteroatoms. The highest BCUT2D eigenvalue weighted by molar-refractivity contribution is 7.89. The minimum absolute atomic E-state index is 0.0815. The number of ketones is 1. The van der Waals surface area contributed by atoms with Crippen LogP contribution in [0.3, 0.4) is 0 Å². The van der Waals surface area contributed by atoms with Crippen molar-refractivity contribution in [3.05, 3.63) is 101 Å². The summed E-state index contributed by atoms with van der Waals surface area (Å²) in [5, 5.41) is 0. The first kappa shape index (κ1) is 23.7. The van der Waals surface area contributed by atoms with E-state index >= 15 is 0 Å². The fourth-order valence-corrected chi connectivity index (χ4v) is 5.08. The number of carbonyl (C=O) groups is 2. The number of halogens is 1. The van der Waals surface area contributed by atoms with Gasteiger partial charge in [-0.3, -0.25) is 4.79 Å². The van der Waals surface area contributed by atoms with Gasteiger partial charge in [0.2, 0.25) is 15.8 Å². The molecule has 0 aromatic heterocycles. The third kappa shape index (κ3) is 5.06. The van der Waals surface area contributed by atoms with Gasteiger partial charge in [-0.1, -0.05) is 60.7 Å². The number of rotatable bonds is 7. The average Bonchev–Trinajstić information content (AvgIpc) is 2.88. The van der Waals surface area contributed by atoms with Crippen LogP contribution < -0.4 is 0 Å². The molecule has 3 aromatic carbocycles. The summed E-state index contributed by atoms with van der Waals surface area (Å²) in [5.74, 6) is -2.37. The van der Waals surface area contributed by atoms with Gasteiger partial charge in [0.05, 0.1) is 18.8 Å². The first-order valence-corrected chi connectivity index (χ1v) is 12.0. The van der Waals surface area contributed by atoms with Gasteiger partial charge in [0.15, 0.2) is 6.10 Å². The zero-order valence-corrected chi connectivity index (χ0v) is 18.9. The van der Waals surface area contributed by atoms with Gasteiger partial charge in [0.25, 0.3) is 0 Å². The molecule has 0 saturated carbocycles. The lowest BCUT2D eigenvalue weighted by Gasteiger charge is -2.26. The van der Waals surface area contributed by atoms with Crippen LogP contribution >= 0.6 is 0 Å². The van der Waals surface area contributed by atoms with E-state index in [-0.39, 0.29) is 31.9 Å². The summed E-state index contributed by atoms with van der Waals surface area (Å²) >= 11 is 0. The summed E-state index contributed by atoms with van der Waals surface area (Å²) in [5.41, 5.74) is 0.613. The van der Waals surface area contributed by atoms with Crippen LogP contribution in [0, 0.1) is 5.82 Å². The maximum atomic E-state index is 14.5. The van der Waals surface area contributed by atoms with E-state index in [2.05, 4.69) is 0 Å². The molecule has 1 heterocycles. The summed E-state index contributed by atoms with van der Waals surface area (Å²) in [6.07, 6.45) is -1.26. The lowest BCUT2D eigenvalue weighted by atomic mass is 10.00. The summed E-state index contributed by atoms with van der Waals surface area (Å²) in [6.45, 7) is 0.558. The van der Waals surface area contributed by atoms with Gasteiger partial charge < -0.3 is 9.47 Å². The van der Waals surface area contributed by atoms with Crippen LogP contribution in [-0.2, 0) is 19.5 Å². The van der Waals surface area contributed by atoms with Crippen molar-refractivity contribution in [1.82, 2.24) is 4.31 Å². The van der Waals surface area contributed by atoms with E-state index in [1.165, 1.54) is 0 Å². The van der Waals surface area contributed by atoms with Crippen LogP contribution in [-0.4, -0.2) is 50.8 Å². The molecule has 176 valence electrons. The first-order chi connectivity index (χ1) is 16.4. The Morgan fingerprint density at radius 3 is 2.15 bits per heavy atom. The van der Waals surface area contributed by atoms with Crippen molar-refractivity contribution in [2.24, 2.45) is 0 Å². The summed E-state index contributed by atoms with van der Waals surface area (Å²) < 4.78 is 52.2. The van der Waals surface area contributed by atoms with Crippen molar-refractivity contribution < 1.29 is 31.9 Å². The quantitative estimate of drug-likeness (QED) is 0.377. The molecule has 1 fully saturated rings. The molecule has 1 saturated heterocycles. The molecule has 7 nitrogen and oxygen atoms in total. The van der Waals surface area contributed by atoms with Gasteiger partial charge in [0.1, 0.15) is 10.7 Å². The average molecular weight is 484 g/mol. The number of hydrogen-bond donors (Lipinski definition) is 0. The van der Waals surface area contributed by atoms with Crippen molar-refractivity contribution in [2.45, 2.75) is 11.0 Å². The summed E-state index contributed by atoms with van der Waals surface area (Å²) in [4.78, 5) is 25.5. The molecule has 0 aliphatic carbocycles. The van der Waals surface area contributed by atoms with E-state index in [9.17, 15) is 22.4 Å². The standard InChI is InChI=1S/C25H22FNO6S/c26-21-12-11-20(17-22(21)34(30,31)27-13-15-32-16-14-27)25(29)33-24(19-9-5-2-6-10-19)23(28)18-7-3-1-4-8-18/h1-12,17,24H,13-16H2. The van der Waals surface area contributed by atoms with Crippen LogP contribution in [0.25, 0.3) is 0 Å². The van der Waals surface area contributed by atoms with Crippen molar-refractivity contribution >= 4 is 21.8 Å². The minimum atomic E-state index is -4.19. The zero-order chi connectivity index (χ0) is 24.1. The van der Waals surface area contributed by atoms with E-state index < -0.39 is 38.6 Å². The highest BCUT2D eigenvalue weighted by Crippen LogP contribution is 2.26. The number of carbonyl (C=O) groups excluding carboxylic acids is 2. The second kappa shape index (κ2) is 10.3. The van der Waals surface area contributed by atoms with E-state index in [4.69, 9.17) is 9.47 Å². The molecule has 1 unspecified atom stereocenters. The predicted octanol–water partition coefficient (Wildman–Crippen LogP) is 3.63. The Morgan fingerprint density at radius 1 is 0.882 bits per heavy atom. The van der Waals surface area contributed by atoms with Gasteiger partial charge in [-0.05, 0) is 18.2 Å². The SMILES string of the molecule is O=C(OC(C(=O)c1ccccc1)c1ccccc1)c1ccc(F)c(S(=O)(=O)N2CCOCC2)c1. The van der Waals surface area contributed by atoms with Crippen molar-refractivity contribution in [3.8, 4) is 0 Å². The largest absolute Gasteiger partial charge is 0.445 e. The number of morpholine rings is 1. The molecule has 34 heavy (non-hydrogen) atoms. The molecule has 0 radical (unpaired) electrons. The predicted molar refractivity (Wildman–Crippen MR) is 121 cm³/mol. The molecular weight excluding hydrogens is 461 g/mol. The van der Waals surface area contributed by atoms with Gasteiger partial charge >= 0.3 is 5.97 Å². The molecule has 1 aliphatic rings. The maximum Gasteiger partial charge on any atom is 0.339 e. The van der Waals surface area contributed by atoms with Crippen molar-refractivity contribution in [2.75, 3.05) is 26.3 Å². The molecule has 4 rings (SSSR count). The van der Waals surface area contributed by atoms with Gasteiger partial charge in [0, 0.05) is 24.2 Å². The smallest absolute Gasteiger partial charge is 0.339 e. The first-order valence-electron chi connectivity index (χ1n) is 10.6. The Morgan fingerprint density at radius 2 is 1.50 bits per heavy atom. The number of sulfonamides is 1. The Bertz CT molecular complexity index is 1280. The van der Waals surface area contributed by atoms with Crippen LogP contribution in [0.4, 0.5) is 4.39 Å². The highest BCUT2D eigenvalue weighted by atomic mass is 32.2. The number of hydrogen-bond acceptors (Lipinski definition) is 6. The Balaban J connectivity index is 1.65. The van der Waals surface area contributed by atoms with E-state index in [0.29, 0.717) is 11.1 Å². The van der Waals surface area contributed by atoms with E-state index in [1.807, 2.05) is 0 Å². The monoisotopic (exact) mass is 483 g/mol. The van der Waals surface area contributed by atoms with Crippen molar-refractivity contribution in [1.29, 1.82) is 0 Å². The van der Waals surface area contributed by atoms with Crippen LogP contribution in [0.1, 0.15) is 32.4 Å². The lowest BCUT2D eigenvalue weighted by molar-refractivity contribution is 0.0279. The normalized spacial score (nSPS) is 15.4. The number of nitrogens with zero attached hydrogens (tertiary/aromatic N) is 1. The number of benzene rings is 3. The van der Waals surface area contributed by atoms with Crippen LogP contribution in [0.5, 0.6) is 0 Å². The third-order valence-corrected chi connectivity index (χ3v) is 7.29. The van der Waals surface area contributed by atoms with Crippen LogP contribution in [0.2, 0.25) is 0 Å². The maximum absolute atomic E-state index is 14.5. The Labute approximate surface area is 196 Å². The number of ether oxygens (including phenoxy) is 2. The topological polar surface area (TPSA) is 90.0 Å². The van der Waals surface area contributed by atoms with Crippen molar-refractivity contribution in [3.63, 3.8) is 0 Å². The van der Waals surface area contributed by atoms with E-state index in [0.717, 1.165) is 22.5 Å². The van der Waals surface area contributed by atoms with Gasteiger partial charge in [-0.25, -0.2) is 17.6 Å². The molecule has 1 atom stereocenters.